The average Bonchev–Trinajstić information content (AvgIpc) is 2.90. The molecule has 10 heteroatoms. The molecule has 0 spiro atoms. The lowest BCUT2D eigenvalue weighted by Crippen LogP contribution is -2.46. The molecule has 2 atom stereocenters. The van der Waals surface area contributed by atoms with E-state index in [0.29, 0.717) is 52.4 Å². The number of rotatable bonds is 16. The van der Waals surface area contributed by atoms with Crippen molar-refractivity contribution in [3.8, 4) is 0 Å². The summed E-state index contributed by atoms with van der Waals surface area (Å²) in [5.74, 6) is -0.941. The number of piperidine rings is 2. The van der Waals surface area contributed by atoms with Gasteiger partial charge in [0.05, 0.1) is 39.3 Å². The highest BCUT2D eigenvalue weighted by Crippen LogP contribution is 2.20. The van der Waals surface area contributed by atoms with Crippen LogP contribution < -0.4 is 0 Å². The standard InChI is InChI=1S/C27H46N2O8/c1-3-34-26(32)22-12-6-8-16-28(22)18-14-24(30)36-20-10-5-11-21-37-25(31)15-19-29-17-9-7-13-23(29)27(33)35-4-2/h22-23H,3-21H2,1-2H3. The summed E-state index contributed by atoms with van der Waals surface area (Å²) in [5, 5.41) is 0. The molecule has 2 saturated heterocycles. The average molecular weight is 527 g/mol. The predicted octanol–water partition coefficient (Wildman–Crippen LogP) is 2.86. The van der Waals surface area contributed by atoms with Crippen molar-refractivity contribution < 1.29 is 38.1 Å². The van der Waals surface area contributed by atoms with E-state index in [2.05, 4.69) is 0 Å². The summed E-state index contributed by atoms with van der Waals surface area (Å²) in [6.07, 6.45) is 8.25. The quantitative estimate of drug-likeness (QED) is 0.169. The first kappa shape index (κ1) is 31.0. The highest BCUT2D eigenvalue weighted by atomic mass is 16.5. The molecular formula is C27H46N2O8. The SMILES string of the molecule is CCOC(=O)C1CCCCN1CCC(=O)OCCCCCOC(=O)CCN1CCCCC1C(=O)OCC. The van der Waals surface area contributed by atoms with Crippen molar-refractivity contribution in [2.75, 3.05) is 52.6 Å². The van der Waals surface area contributed by atoms with E-state index < -0.39 is 0 Å². The second-order valence-corrected chi connectivity index (χ2v) is 9.60. The Bertz CT molecular complexity index is 659. The van der Waals surface area contributed by atoms with Crippen LogP contribution in [0.2, 0.25) is 0 Å². The van der Waals surface area contributed by atoms with Gasteiger partial charge in [-0.2, -0.15) is 0 Å². The lowest BCUT2D eigenvalue weighted by atomic mass is 10.0. The van der Waals surface area contributed by atoms with Crippen LogP contribution in [0, 0.1) is 0 Å². The first-order chi connectivity index (χ1) is 18.0. The number of hydrogen-bond donors (Lipinski definition) is 0. The minimum absolute atomic E-state index is 0.205. The number of unbranched alkanes of at least 4 members (excludes halogenated alkanes) is 2. The predicted molar refractivity (Wildman–Crippen MR) is 137 cm³/mol. The van der Waals surface area contributed by atoms with E-state index in [1.165, 1.54) is 0 Å². The first-order valence-corrected chi connectivity index (χ1v) is 14.1. The Balaban J connectivity index is 1.50. The van der Waals surface area contributed by atoms with E-state index >= 15 is 0 Å². The number of hydrogen-bond acceptors (Lipinski definition) is 10. The van der Waals surface area contributed by atoms with Gasteiger partial charge >= 0.3 is 23.9 Å². The van der Waals surface area contributed by atoms with Crippen LogP contribution in [0.5, 0.6) is 0 Å². The Morgan fingerprint density at radius 2 is 1.05 bits per heavy atom. The van der Waals surface area contributed by atoms with Gasteiger partial charge in [0.25, 0.3) is 0 Å². The molecule has 10 nitrogen and oxygen atoms in total. The van der Waals surface area contributed by atoms with Crippen LogP contribution >= 0.6 is 0 Å². The summed E-state index contributed by atoms with van der Waals surface area (Å²) in [5.41, 5.74) is 0. The highest BCUT2D eigenvalue weighted by Gasteiger charge is 2.31. The van der Waals surface area contributed by atoms with Crippen LogP contribution in [-0.2, 0) is 38.1 Å². The van der Waals surface area contributed by atoms with Gasteiger partial charge in [-0.25, -0.2) is 0 Å². The van der Waals surface area contributed by atoms with Crippen LogP contribution in [0.1, 0.15) is 84.5 Å². The van der Waals surface area contributed by atoms with Crippen molar-refractivity contribution >= 4 is 23.9 Å². The van der Waals surface area contributed by atoms with E-state index in [9.17, 15) is 19.2 Å². The number of carbonyl (C=O) groups is 4. The van der Waals surface area contributed by atoms with Crippen LogP contribution in [0.25, 0.3) is 0 Å². The molecule has 0 radical (unpaired) electrons. The summed E-state index contributed by atoms with van der Waals surface area (Å²) in [4.78, 5) is 52.5. The number of likely N-dealkylation sites (tertiary alicyclic amines) is 2. The second-order valence-electron chi connectivity index (χ2n) is 9.60. The van der Waals surface area contributed by atoms with Crippen LogP contribution in [0.4, 0.5) is 0 Å². The molecule has 2 fully saturated rings. The van der Waals surface area contributed by atoms with Gasteiger partial charge in [0.1, 0.15) is 12.1 Å². The van der Waals surface area contributed by atoms with Crippen molar-refractivity contribution in [3.05, 3.63) is 0 Å². The number of esters is 4. The van der Waals surface area contributed by atoms with E-state index in [-0.39, 0.29) is 48.8 Å². The lowest BCUT2D eigenvalue weighted by Gasteiger charge is -2.33. The summed E-state index contributed by atoms with van der Waals surface area (Å²) in [6, 6.07) is -0.522. The number of ether oxygens (including phenoxy) is 4. The van der Waals surface area contributed by atoms with E-state index in [0.717, 1.165) is 58.0 Å². The molecule has 2 aliphatic heterocycles. The summed E-state index contributed by atoms with van der Waals surface area (Å²) in [6.45, 7) is 7.56. The lowest BCUT2D eigenvalue weighted by molar-refractivity contribution is -0.152. The molecule has 212 valence electrons. The normalized spacial score (nSPS) is 20.7. The zero-order chi connectivity index (χ0) is 26.9. The maximum Gasteiger partial charge on any atom is 0.323 e. The van der Waals surface area contributed by atoms with Gasteiger partial charge in [-0.3, -0.25) is 29.0 Å². The Labute approximate surface area is 221 Å². The Kier molecular flexibility index (Phi) is 15.2. The fourth-order valence-electron chi connectivity index (χ4n) is 4.90. The smallest absolute Gasteiger partial charge is 0.323 e. The topological polar surface area (TPSA) is 112 Å². The summed E-state index contributed by atoms with van der Waals surface area (Å²) >= 11 is 0. The van der Waals surface area contributed by atoms with Gasteiger partial charge in [0.2, 0.25) is 0 Å². The van der Waals surface area contributed by atoms with Gasteiger partial charge in [0, 0.05) is 13.1 Å². The van der Waals surface area contributed by atoms with E-state index in [1.54, 1.807) is 13.8 Å². The molecule has 2 aliphatic rings. The third-order valence-electron chi connectivity index (χ3n) is 6.87. The maximum absolute atomic E-state index is 12.1. The molecule has 37 heavy (non-hydrogen) atoms. The third-order valence-corrected chi connectivity index (χ3v) is 6.87. The van der Waals surface area contributed by atoms with Crippen molar-refractivity contribution in [3.63, 3.8) is 0 Å². The van der Waals surface area contributed by atoms with Crippen LogP contribution in [-0.4, -0.2) is 98.4 Å². The number of carbonyl (C=O) groups excluding carboxylic acids is 4. The summed E-state index contributed by atoms with van der Waals surface area (Å²) in [7, 11) is 0. The molecular weight excluding hydrogens is 480 g/mol. The van der Waals surface area contributed by atoms with Crippen molar-refractivity contribution in [1.29, 1.82) is 0 Å². The highest BCUT2D eigenvalue weighted by molar-refractivity contribution is 5.76. The van der Waals surface area contributed by atoms with E-state index in [4.69, 9.17) is 18.9 Å². The molecule has 0 N–H and O–H groups in total. The molecule has 0 bridgehead atoms. The molecule has 0 saturated carbocycles. The van der Waals surface area contributed by atoms with Gasteiger partial charge in [-0.1, -0.05) is 12.8 Å². The van der Waals surface area contributed by atoms with Gasteiger partial charge in [-0.15, -0.1) is 0 Å². The fraction of sp³-hybridized carbons (Fsp3) is 0.852. The van der Waals surface area contributed by atoms with Crippen LogP contribution in [0.15, 0.2) is 0 Å². The molecule has 0 amide bonds. The Morgan fingerprint density at radius 1 is 0.622 bits per heavy atom. The molecule has 2 heterocycles. The third kappa shape index (κ3) is 11.8. The Morgan fingerprint density at radius 3 is 1.46 bits per heavy atom. The summed E-state index contributed by atoms with van der Waals surface area (Å²) < 4.78 is 21.0. The minimum Gasteiger partial charge on any atom is -0.466 e. The molecule has 0 aromatic carbocycles. The molecule has 2 unspecified atom stereocenters. The van der Waals surface area contributed by atoms with Gasteiger partial charge < -0.3 is 18.9 Å². The zero-order valence-electron chi connectivity index (χ0n) is 22.8. The Hall–Kier alpha value is -2.20. The van der Waals surface area contributed by atoms with Gasteiger partial charge in [0.15, 0.2) is 0 Å². The fourth-order valence-corrected chi connectivity index (χ4v) is 4.90. The second kappa shape index (κ2) is 18.1. The monoisotopic (exact) mass is 526 g/mol. The molecule has 0 aromatic heterocycles. The van der Waals surface area contributed by atoms with Gasteiger partial charge in [-0.05, 0) is 71.9 Å². The largest absolute Gasteiger partial charge is 0.466 e. The molecule has 0 aliphatic carbocycles. The van der Waals surface area contributed by atoms with Crippen molar-refractivity contribution in [2.24, 2.45) is 0 Å². The molecule has 0 aromatic rings. The number of nitrogens with zero attached hydrogens (tertiary/aromatic N) is 2. The maximum atomic E-state index is 12.1. The molecule has 2 rings (SSSR count). The van der Waals surface area contributed by atoms with Crippen molar-refractivity contribution in [2.45, 2.75) is 96.6 Å². The van der Waals surface area contributed by atoms with E-state index in [1.807, 2.05) is 9.80 Å². The minimum atomic E-state index is -0.265. The van der Waals surface area contributed by atoms with Crippen molar-refractivity contribution in [1.82, 2.24) is 9.80 Å². The first-order valence-electron chi connectivity index (χ1n) is 14.1. The zero-order valence-corrected chi connectivity index (χ0v) is 22.8. The van der Waals surface area contributed by atoms with Crippen LogP contribution in [0.3, 0.4) is 0 Å².